The highest BCUT2D eigenvalue weighted by atomic mass is 16.2. The lowest BCUT2D eigenvalue weighted by Crippen LogP contribution is -2.48. The van der Waals surface area contributed by atoms with Crippen molar-refractivity contribution in [3.63, 3.8) is 0 Å². The highest BCUT2D eigenvalue weighted by Gasteiger charge is 2.24. The highest BCUT2D eigenvalue weighted by Crippen LogP contribution is 2.39. The Morgan fingerprint density at radius 2 is 1.23 bits per heavy atom. The van der Waals surface area contributed by atoms with Gasteiger partial charge in [-0.2, -0.15) is 0 Å². The van der Waals surface area contributed by atoms with Crippen LogP contribution in [0.5, 0.6) is 0 Å². The Labute approximate surface area is 249 Å². The number of nitrogens with zero attached hydrogens (tertiary/aromatic N) is 6. The number of hydrazone groups is 1. The summed E-state index contributed by atoms with van der Waals surface area (Å²) in [7, 11) is 3.25. The van der Waals surface area contributed by atoms with Crippen LogP contribution in [0.1, 0.15) is 16.7 Å². The van der Waals surface area contributed by atoms with Gasteiger partial charge in [0.25, 0.3) is 0 Å². The van der Waals surface area contributed by atoms with Crippen molar-refractivity contribution in [3.8, 4) is 34.4 Å². The lowest BCUT2D eigenvalue weighted by Gasteiger charge is -2.26. The monoisotopic (exact) mass is 557 g/mol. The smallest absolute Gasteiger partial charge is 0.255 e. The van der Waals surface area contributed by atoms with Crippen LogP contribution in [0.4, 0.5) is 4.79 Å². The molecule has 6 aromatic rings. The number of pyridine rings is 2. The first-order chi connectivity index (χ1) is 21.1. The predicted octanol–water partition coefficient (Wildman–Crippen LogP) is 6.70. The minimum atomic E-state index is -0.278. The fourth-order valence-corrected chi connectivity index (χ4v) is 5.34. The zero-order valence-electron chi connectivity index (χ0n) is 23.6. The zero-order chi connectivity index (χ0) is 29.3. The van der Waals surface area contributed by atoms with Crippen molar-refractivity contribution >= 4 is 33.4 Å². The SMILES string of the molecule is CN1[N]C(c2ccc(-c3c4ccccc4c(C#Cc4ccc(-c5ccccn5)nc4)c4ccccc34)cc2)=NN(C)C1=O. The molecule has 0 spiro atoms. The maximum Gasteiger partial charge on any atom is 0.360 e. The molecular formula is C36H25N6O. The average Bonchev–Trinajstić information content (AvgIpc) is 3.06. The van der Waals surface area contributed by atoms with Gasteiger partial charge in [-0.25, -0.2) is 14.8 Å². The molecule has 205 valence electrons. The van der Waals surface area contributed by atoms with Gasteiger partial charge in [-0.05, 0) is 56.9 Å². The summed E-state index contributed by atoms with van der Waals surface area (Å²) in [4.78, 5) is 21.0. The highest BCUT2D eigenvalue weighted by molar-refractivity contribution is 6.16. The number of amidine groups is 1. The van der Waals surface area contributed by atoms with E-state index in [0.717, 1.165) is 60.8 Å². The first-order valence-corrected chi connectivity index (χ1v) is 13.8. The Kier molecular flexibility index (Phi) is 6.49. The quantitative estimate of drug-likeness (QED) is 0.180. The normalized spacial score (nSPS) is 13.0. The van der Waals surface area contributed by atoms with Crippen molar-refractivity contribution in [2.45, 2.75) is 0 Å². The summed E-state index contributed by atoms with van der Waals surface area (Å²) in [5, 5.41) is 11.3. The summed E-state index contributed by atoms with van der Waals surface area (Å²) in [6.07, 6.45) is 3.56. The molecule has 1 aliphatic heterocycles. The number of amides is 2. The van der Waals surface area contributed by atoms with Crippen LogP contribution in [0.3, 0.4) is 0 Å². The van der Waals surface area contributed by atoms with Crippen LogP contribution in [-0.2, 0) is 0 Å². The predicted molar refractivity (Wildman–Crippen MR) is 170 cm³/mol. The molecule has 0 aliphatic carbocycles. The molecule has 4 aromatic carbocycles. The van der Waals surface area contributed by atoms with Gasteiger partial charge in [0.05, 0.1) is 11.4 Å². The van der Waals surface area contributed by atoms with Crippen molar-refractivity contribution in [2.75, 3.05) is 14.1 Å². The number of benzene rings is 4. The molecule has 1 radical (unpaired) electrons. The summed E-state index contributed by atoms with van der Waals surface area (Å²) < 4.78 is 0. The molecule has 0 N–H and O–H groups in total. The van der Waals surface area contributed by atoms with Crippen LogP contribution in [0, 0.1) is 11.8 Å². The van der Waals surface area contributed by atoms with Gasteiger partial charge in [-0.1, -0.05) is 90.7 Å². The second kappa shape index (κ2) is 10.8. The molecular weight excluding hydrogens is 532 g/mol. The Hall–Kier alpha value is -6.00. The van der Waals surface area contributed by atoms with E-state index in [4.69, 9.17) is 0 Å². The van der Waals surface area contributed by atoms with Crippen molar-refractivity contribution in [3.05, 3.63) is 132 Å². The molecule has 0 saturated carbocycles. The third kappa shape index (κ3) is 4.81. The third-order valence-corrected chi connectivity index (χ3v) is 7.43. The maximum atomic E-state index is 12.0. The first-order valence-electron chi connectivity index (χ1n) is 13.8. The van der Waals surface area contributed by atoms with E-state index in [0.29, 0.717) is 5.84 Å². The number of rotatable bonds is 3. The van der Waals surface area contributed by atoms with E-state index in [1.165, 1.54) is 10.0 Å². The summed E-state index contributed by atoms with van der Waals surface area (Å²) >= 11 is 0. The molecule has 0 atom stereocenters. The van der Waals surface area contributed by atoms with Crippen LogP contribution >= 0.6 is 0 Å². The summed E-state index contributed by atoms with van der Waals surface area (Å²) in [6.45, 7) is 0. The van der Waals surface area contributed by atoms with E-state index < -0.39 is 0 Å². The fourth-order valence-electron chi connectivity index (χ4n) is 5.34. The number of carbonyl (C=O) groups is 1. The van der Waals surface area contributed by atoms with Crippen LogP contribution in [0.2, 0.25) is 0 Å². The van der Waals surface area contributed by atoms with E-state index in [-0.39, 0.29) is 6.03 Å². The Balaban J connectivity index is 1.31. The largest absolute Gasteiger partial charge is 0.360 e. The minimum absolute atomic E-state index is 0.278. The van der Waals surface area contributed by atoms with Crippen molar-refractivity contribution in [1.29, 1.82) is 0 Å². The molecule has 43 heavy (non-hydrogen) atoms. The molecule has 0 bridgehead atoms. The fraction of sp³-hybridized carbons (Fsp3) is 0.0556. The Morgan fingerprint density at radius 3 is 1.84 bits per heavy atom. The van der Waals surface area contributed by atoms with Crippen LogP contribution < -0.4 is 5.43 Å². The van der Waals surface area contributed by atoms with Crippen molar-refractivity contribution in [1.82, 2.24) is 25.4 Å². The first kappa shape index (κ1) is 25.9. The topological polar surface area (TPSA) is 75.8 Å². The molecule has 1 aliphatic rings. The molecule has 7 heteroatoms. The van der Waals surface area contributed by atoms with Crippen LogP contribution in [0.25, 0.3) is 44.1 Å². The lowest BCUT2D eigenvalue weighted by molar-refractivity contribution is 0.155. The second-order valence-corrected chi connectivity index (χ2v) is 10.2. The molecule has 2 amide bonds. The average molecular weight is 558 g/mol. The third-order valence-electron chi connectivity index (χ3n) is 7.43. The van der Waals surface area contributed by atoms with Crippen molar-refractivity contribution in [2.24, 2.45) is 5.10 Å². The van der Waals surface area contributed by atoms with Gasteiger partial charge in [0, 0.05) is 43.2 Å². The molecule has 0 fully saturated rings. The summed E-state index contributed by atoms with van der Waals surface area (Å²) in [6, 6.07) is 34.4. The van der Waals surface area contributed by atoms with Gasteiger partial charge in [-0.15, -0.1) is 10.5 Å². The molecule has 3 heterocycles. The number of fused-ring (bicyclic) bond motifs is 2. The van der Waals surface area contributed by atoms with Gasteiger partial charge < -0.3 is 0 Å². The van der Waals surface area contributed by atoms with Crippen molar-refractivity contribution < 1.29 is 4.79 Å². The van der Waals surface area contributed by atoms with Gasteiger partial charge >= 0.3 is 6.03 Å². The van der Waals surface area contributed by atoms with E-state index in [9.17, 15) is 4.79 Å². The number of urea groups is 1. The summed E-state index contributed by atoms with van der Waals surface area (Å²) in [5.74, 6) is 7.31. The number of hydrogen-bond donors (Lipinski definition) is 0. The standard InChI is InChI=1S/C36H25N6O/c1-41-36(43)42(2)40-35(39-41)26-18-16-25(17-19-26)34-30-11-5-3-9-27(30)29(28-10-4-6-12-31(28)34)20-14-24-15-21-33(38-23-24)32-13-7-8-22-37-32/h3-13,15-19,21-23H,1-2H3. The van der Waals surface area contributed by atoms with E-state index in [2.05, 4.69) is 93.0 Å². The number of aromatic nitrogens is 2. The van der Waals surface area contributed by atoms with Gasteiger partial charge in [0.1, 0.15) is 0 Å². The van der Waals surface area contributed by atoms with Crippen LogP contribution in [-0.4, -0.2) is 45.9 Å². The van der Waals surface area contributed by atoms with Gasteiger partial charge in [-0.3, -0.25) is 9.97 Å². The van der Waals surface area contributed by atoms with Crippen LogP contribution in [0.15, 0.2) is 121 Å². The second-order valence-electron chi connectivity index (χ2n) is 10.2. The number of carbonyl (C=O) groups excluding carboxylic acids is 1. The molecule has 0 saturated heterocycles. The molecule has 0 unspecified atom stereocenters. The van der Waals surface area contributed by atoms with E-state index in [1.807, 2.05) is 42.5 Å². The molecule has 7 nitrogen and oxygen atoms in total. The minimum Gasteiger partial charge on any atom is -0.255 e. The lowest BCUT2D eigenvalue weighted by atomic mass is 9.88. The Morgan fingerprint density at radius 1 is 0.605 bits per heavy atom. The Bertz CT molecular complexity index is 2040. The molecule has 7 rings (SSSR count). The van der Waals surface area contributed by atoms with E-state index in [1.54, 1.807) is 26.5 Å². The zero-order valence-corrected chi connectivity index (χ0v) is 23.6. The van der Waals surface area contributed by atoms with E-state index >= 15 is 0 Å². The van der Waals surface area contributed by atoms with Gasteiger partial charge in [0.15, 0.2) is 5.84 Å². The maximum absolute atomic E-state index is 12.0. The number of hydrogen-bond acceptors (Lipinski definition) is 4. The summed E-state index contributed by atoms with van der Waals surface area (Å²) in [5.41, 5.74) is 10.8. The van der Waals surface area contributed by atoms with Gasteiger partial charge in [0.2, 0.25) is 0 Å². The molecule has 2 aromatic heterocycles.